The van der Waals surface area contributed by atoms with Crippen molar-refractivity contribution in [2.24, 2.45) is 4.99 Å². The molecule has 0 saturated carbocycles. The molecule has 1 saturated heterocycles. The molecule has 0 radical (unpaired) electrons. The number of nitrogens with zero attached hydrogens (tertiary/aromatic N) is 3. The van der Waals surface area contributed by atoms with Gasteiger partial charge in [-0.15, -0.1) is 24.0 Å². The maximum Gasteiger partial charge on any atom is 0.218 e. The van der Waals surface area contributed by atoms with Gasteiger partial charge < -0.3 is 15.0 Å². The van der Waals surface area contributed by atoms with Gasteiger partial charge in [0.1, 0.15) is 6.61 Å². The summed E-state index contributed by atoms with van der Waals surface area (Å²) in [6, 6.07) is 13.8. The number of ether oxygens (including phenoxy) is 1. The molecule has 1 aromatic heterocycles. The van der Waals surface area contributed by atoms with Crippen LogP contribution in [-0.2, 0) is 23.0 Å². The van der Waals surface area contributed by atoms with Crippen LogP contribution in [0.5, 0.6) is 5.88 Å². The van der Waals surface area contributed by atoms with E-state index < -0.39 is 14.6 Å². The summed E-state index contributed by atoms with van der Waals surface area (Å²) in [5.74, 6) is 1.39. The quantitative estimate of drug-likeness (QED) is 0.333. The summed E-state index contributed by atoms with van der Waals surface area (Å²) in [4.78, 5) is 11.1. The Labute approximate surface area is 202 Å². The van der Waals surface area contributed by atoms with Crippen LogP contribution in [0.25, 0.3) is 0 Å². The average molecular weight is 558 g/mol. The highest BCUT2D eigenvalue weighted by molar-refractivity contribution is 14.0. The minimum Gasteiger partial charge on any atom is -0.473 e. The van der Waals surface area contributed by atoms with Gasteiger partial charge in [-0.1, -0.05) is 36.4 Å². The number of nitrogens with one attached hydrogen (secondary N) is 1. The number of pyridine rings is 1. The van der Waals surface area contributed by atoms with Gasteiger partial charge in [0.05, 0.1) is 17.0 Å². The van der Waals surface area contributed by atoms with Crippen LogP contribution in [0.2, 0.25) is 0 Å². The third-order valence-electron chi connectivity index (χ3n) is 5.15. The van der Waals surface area contributed by atoms with Crippen LogP contribution in [0.1, 0.15) is 31.9 Å². The Morgan fingerprint density at radius 3 is 2.65 bits per heavy atom. The first-order valence-corrected chi connectivity index (χ1v) is 11.8. The Kier molecular flexibility index (Phi) is 9.11. The van der Waals surface area contributed by atoms with Crippen LogP contribution in [0, 0.1) is 0 Å². The molecule has 3 rings (SSSR count). The molecule has 1 aliphatic heterocycles. The van der Waals surface area contributed by atoms with Gasteiger partial charge in [0.25, 0.3) is 0 Å². The second-order valence-corrected chi connectivity index (χ2v) is 10.7. The monoisotopic (exact) mass is 558 g/mol. The maximum absolute atomic E-state index is 12.3. The van der Waals surface area contributed by atoms with Gasteiger partial charge in [0.15, 0.2) is 15.8 Å². The van der Waals surface area contributed by atoms with E-state index in [1.54, 1.807) is 20.0 Å². The second-order valence-electron chi connectivity index (χ2n) is 7.91. The number of halogens is 1. The molecule has 0 spiro atoms. The number of aromatic nitrogens is 1. The lowest BCUT2D eigenvalue weighted by Crippen LogP contribution is -2.57. The third-order valence-corrected chi connectivity index (χ3v) is 7.68. The zero-order valence-electron chi connectivity index (χ0n) is 18.2. The third kappa shape index (κ3) is 6.55. The normalized spacial score (nSPS) is 17.5. The van der Waals surface area contributed by atoms with Gasteiger partial charge in [-0.3, -0.25) is 0 Å². The molecule has 1 aromatic carbocycles. The van der Waals surface area contributed by atoms with Gasteiger partial charge in [0, 0.05) is 31.4 Å². The van der Waals surface area contributed by atoms with E-state index in [0.717, 1.165) is 11.1 Å². The number of rotatable bonds is 6. The second kappa shape index (κ2) is 11.1. The number of aliphatic imine (C=N–C) groups is 1. The summed E-state index contributed by atoms with van der Waals surface area (Å²) in [5.41, 5.74) is 1.95. The summed E-state index contributed by atoms with van der Waals surface area (Å²) < 4.78 is 29.8. The molecule has 7 nitrogen and oxygen atoms in total. The fourth-order valence-corrected chi connectivity index (χ4v) is 4.68. The van der Waals surface area contributed by atoms with E-state index in [9.17, 15) is 8.42 Å². The van der Waals surface area contributed by atoms with Crippen molar-refractivity contribution in [3.63, 3.8) is 0 Å². The summed E-state index contributed by atoms with van der Waals surface area (Å²) >= 11 is 0. The Hall–Kier alpha value is -1.88. The Morgan fingerprint density at radius 1 is 1.23 bits per heavy atom. The van der Waals surface area contributed by atoms with Crippen LogP contribution in [0.4, 0.5) is 0 Å². The fraction of sp³-hybridized carbons (Fsp3) is 0.455. The minimum atomic E-state index is -3.10. The largest absolute Gasteiger partial charge is 0.473 e. The lowest BCUT2D eigenvalue weighted by atomic mass is 10.2. The van der Waals surface area contributed by atoms with Crippen molar-refractivity contribution in [3.8, 4) is 5.88 Å². The molecular formula is C22H31IN4O3S. The smallest absolute Gasteiger partial charge is 0.218 e. The van der Waals surface area contributed by atoms with Crippen molar-refractivity contribution in [2.75, 3.05) is 25.4 Å². The van der Waals surface area contributed by atoms with Gasteiger partial charge in [-0.2, -0.15) is 0 Å². The van der Waals surface area contributed by atoms with Gasteiger partial charge in [-0.25, -0.2) is 18.4 Å². The molecule has 1 fully saturated rings. The Morgan fingerprint density at radius 2 is 1.97 bits per heavy atom. The van der Waals surface area contributed by atoms with Crippen LogP contribution >= 0.6 is 24.0 Å². The molecule has 2 heterocycles. The Bertz CT molecular complexity index is 981. The summed E-state index contributed by atoms with van der Waals surface area (Å²) in [5, 5.41) is 3.28. The first kappa shape index (κ1) is 25.4. The predicted octanol–water partition coefficient (Wildman–Crippen LogP) is 3.25. The molecule has 2 aromatic rings. The summed E-state index contributed by atoms with van der Waals surface area (Å²) in [7, 11) is -3.10. The van der Waals surface area contributed by atoms with Crippen LogP contribution in [0.3, 0.4) is 0 Å². The first-order chi connectivity index (χ1) is 14.3. The zero-order valence-corrected chi connectivity index (χ0v) is 21.4. The van der Waals surface area contributed by atoms with Crippen molar-refractivity contribution in [2.45, 2.75) is 38.7 Å². The topological polar surface area (TPSA) is 83.9 Å². The average Bonchev–Trinajstić information content (AvgIpc) is 2.73. The van der Waals surface area contributed by atoms with Crippen LogP contribution in [-0.4, -0.2) is 54.4 Å². The van der Waals surface area contributed by atoms with Crippen molar-refractivity contribution in [3.05, 3.63) is 59.8 Å². The van der Waals surface area contributed by atoms with Crippen LogP contribution in [0.15, 0.2) is 53.7 Å². The van der Waals surface area contributed by atoms with Crippen molar-refractivity contribution < 1.29 is 13.2 Å². The molecule has 31 heavy (non-hydrogen) atoms. The molecule has 0 bridgehead atoms. The van der Waals surface area contributed by atoms with E-state index in [1.807, 2.05) is 54.3 Å². The van der Waals surface area contributed by atoms with E-state index in [4.69, 9.17) is 9.73 Å². The zero-order chi connectivity index (χ0) is 21.6. The van der Waals surface area contributed by atoms with Crippen molar-refractivity contribution >= 4 is 39.8 Å². The van der Waals surface area contributed by atoms with Crippen LogP contribution < -0.4 is 10.1 Å². The fourth-order valence-electron chi connectivity index (χ4n) is 3.31. The van der Waals surface area contributed by atoms with E-state index in [-0.39, 0.29) is 29.7 Å². The van der Waals surface area contributed by atoms with Crippen molar-refractivity contribution in [1.29, 1.82) is 0 Å². The predicted molar refractivity (Wildman–Crippen MR) is 135 cm³/mol. The van der Waals surface area contributed by atoms with Gasteiger partial charge in [-0.05, 0) is 32.4 Å². The van der Waals surface area contributed by atoms with E-state index in [2.05, 4.69) is 10.3 Å². The highest BCUT2D eigenvalue weighted by atomic mass is 127. The lowest BCUT2D eigenvalue weighted by molar-refractivity contribution is 0.290. The molecule has 0 unspecified atom stereocenters. The highest BCUT2D eigenvalue weighted by Crippen LogP contribution is 2.24. The first-order valence-electron chi connectivity index (χ1n) is 10.2. The summed E-state index contributed by atoms with van der Waals surface area (Å²) in [6.45, 7) is 7.92. The van der Waals surface area contributed by atoms with E-state index in [1.165, 1.54) is 0 Å². The van der Waals surface area contributed by atoms with E-state index >= 15 is 0 Å². The number of hydrogen-bond donors (Lipinski definition) is 1. The van der Waals surface area contributed by atoms with Crippen molar-refractivity contribution in [1.82, 2.24) is 15.2 Å². The highest BCUT2D eigenvalue weighted by Gasteiger charge is 2.40. The molecular weight excluding hydrogens is 527 g/mol. The molecule has 0 atom stereocenters. The molecule has 1 N–H and O–H groups in total. The maximum atomic E-state index is 12.3. The number of sulfone groups is 1. The van der Waals surface area contributed by atoms with E-state index in [0.29, 0.717) is 44.6 Å². The molecule has 170 valence electrons. The molecule has 0 aliphatic carbocycles. The standard InChI is InChI=1S/C22H30N4O3S.HI/c1-4-23-21(26-13-14-30(27,28)22(2,3)17-26)25-15-19-11-8-12-24-20(19)29-16-18-9-6-5-7-10-18;/h5-12H,4,13-17H2,1-3H3,(H,23,25);1H. The lowest BCUT2D eigenvalue weighted by Gasteiger charge is -2.39. The number of benzene rings is 1. The molecule has 9 heteroatoms. The molecule has 0 amide bonds. The van der Waals surface area contributed by atoms with Gasteiger partial charge >= 0.3 is 0 Å². The van der Waals surface area contributed by atoms with Gasteiger partial charge in [0.2, 0.25) is 5.88 Å². The SMILES string of the molecule is CCNC(=NCc1cccnc1OCc1ccccc1)N1CCS(=O)(=O)C(C)(C)C1.I. The Balaban J connectivity index is 0.00000341. The number of guanidine groups is 1. The summed E-state index contributed by atoms with van der Waals surface area (Å²) in [6.07, 6.45) is 1.71. The molecule has 1 aliphatic rings. The minimum absolute atomic E-state index is 0. The number of hydrogen-bond acceptors (Lipinski definition) is 5.